The van der Waals surface area contributed by atoms with Crippen molar-refractivity contribution < 1.29 is 18.3 Å². The van der Waals surface area contributed by atoms with E-state index >= 15 is 0 Å². The van der Waals surface area contributed by atoms with Crippen LogP contribution in [0.5, 0.6) is 11.5 Å². The van der Waals surface area contributed by atoms with Crippen LogP contribution in [-0.2, 0) is 6.54 Å². The van der Waals surface area contributed by atoms with Gasteiger partial charge in [0.1, 0.15) is 11.6 Å². The van der Waals surface area contributed by atoms with Gasteiger partial charge in [0.05, 0.1) is 10.7 Å². The molecule has 2 aromatic rings. The zero-order valence-corrected chi connectivity index (χ0v) is 11.0. The lowest BCUT2D eigenvalue weighted by molar-refractivity contribution is 0.174. The molecule has 3 nitrogen and oxygen atoms in total. The van der Waals surface area contributed by atoms with Crippen molar-refractivity contribution in [1.82, 2.24) is 0 Å². The molecule has 0 saturated heterocycles. The molecule has 0 amide bonds. The molecule has 6 heteroatoms. The second-order valence-electron chi connectivity index (χ2n) is 4.29. The number of hydrogen-bond acceptors (Lipinski definition) is 3. The van der Waals surface area contributed by atoms with E-state index in [1.807, 2.05) is 0 Å². The lowest BCUT2D eigenvalue weighted by Crippen LogP contribution is -2.02. The zero-order valence-electron chi connectivity index (χ0n) is 10.3. The Labute approximate surface area is 119 Å². The first kappa shape index (κ1) is 13.0. The Morgan fingerprint density at radius 2 is 2.00 bits per heavy atom. The van der Waals surface area contributed by atoms with Crippen molar-refractivity contribution in [3.63, 3.8) is 0 Å². The Balaban J connectivity index is 1.79. The van der Waals surface area contributed by atoms with E-state index in [-0.39, 0.29) is 19.0 Å². The minimum atomic E-state index is -0.516. The van der Waals surface area contributed by atoms with E-state index in [0.29, 0.717) is 16.5 Å². The number of anilines is 1. The molecule has 0 spiro atoms. The van der Waals surface area contributed by atoms with Gasteiger partial charge in [-0.3, -0.25) is 0 Å². The summed E-state index contributed by atoms with van der Waals surface area (Å²) in [7, 11) is 0. The summed E-state index contributed by atoms with van der Waals surface area (Å²) in [6.45, 7) is 0.418. The van der Waals surface area contributed by atoms with Crippen LogP contribution in [0.2, 0.25) is 5.02 Å². The fourth-order valence-electron chi connectivity index (χ4n) is 1.95. The third kappa shape index (κ3) is 2.49. The molecular formula is C14H10ClF2NO2. The molecule has 0 saturated carbocycles. The van der Waals surface area contributed by atoms with Gasteiger partial charge in [-0.05, 0) is 35.9 Å². The SMILES string of the molecule is Fc1ccc(F)c(NCc2cc(Cl)c3c(c2)OCO3)c1. The molecular weight excluding hydrogens is 288 g/mol. The van der Waals surface area contributed by atoms with Gasteiger partial charge in [0.2, 0.25) is 6.79 Å². The van der Waals surface area contributed by atoms with Crippen LogP contribution in [0, 0.1) is 11.6 Å². The maximum absolute atomic E-state index is 13.5. The van der Waals surface area contributed by atoms with Crippen LogP contribution in [0.1, 0.15) is 5.56 Å². The molecule has 0 bridgehead atoms. The summed E-state index contributed by atoms with van der Waals surface area (Å²) in [6.07, 6.45) is 0. The third-order valence-corrected chi connectivity index (χ3v) is 3.18. The lowest BCUT2D eigenvalue weighted by atomic mass is 10.2. The van der Waals surface area contributed by atoms with E-state index in [4.69, 9.17) is 21.1 Å². The van der Waals surface area contributed by atoms with Gasteiger partial charge < -0.3 is 14.8 Å². The standard InChI is InChI=1S/C14H10ClF2NO2/c15-10-3-8(4-13-14(10)20-7-19-13)6-18-12-5-9(16)1-2-11(12)17/h1-5,18H,6-7H2. The Morgan fingerprint density at radius 3 is 2.85 bits per heavy atom. The van der Waals surface area contributed by atoms with Crippen molar-refractivity contribution >= 4 is 17.3 Å². The van der Waals surface area contributed by atoms with E-state index in [2.05, 4.69) is 5.32 Å². The van der Waals surface area contributed by atoms with E-state index in [9.17, 15) is 8.78 Å². The minimum absolute atomic E-state index is 0.0961. The number of fused-ring (bicyclic) bond motifs is 1. The average Bonchev–Trinajstić information content (AvgIpc) is 2.89. The van der Waals surface area contributed by atoms with Crippen molar-refractivity contribution in [2.24, 2.45) is 0 Å². The third-order valence-electron chi connectivity index (χ3n) is 2.90. The Morgan fingerprint density at radius 1 is 1.15 bits per heavy atom. The topological polar surface area (TPSA) is 30.5 Å². The molecule has 0 radical (unpaired) electrons. The van der Waals surface area contributed by atoms with Gasteiger partial charge in [-0.15, -0.1) is 0 Å². The summed E-state index contributed by atoms with van der Waals surface area (Å²) < 4.78 is 37.0. The summed E-state index contributed by atoms with van der Waals surface area (Å²) in [4.78, 5) is 0. The second kappa shape index (κ2) is 5.17. The maximum Gasteiger partial charge on any atom is 0.231 e. The molecule has 1 aliphatic rings. The highest BCUT2D eigenvalue weighted by atomic mass is 35.5. The highest BCUT2D eigenvalue weighted by Crippen LogP contribution is 2.39. The van der Waals surface area contributed by atoms with Crippen molar-refractivity contribution in [2.75, 3.05) is 12.1 Å². The number of benzene rings is 2. The fraction of sp³-hybridized carbons (Fsp3) is 0.143. The van der Waals surface area contributed by atoms with Crippen molar-refractivity contribution in [3.05, 3.63) is 52.6 Å². The average molecular weight is 298 g/mol. The summed E-state index contributed by atoms with van der Waals surface area (Å²) >= 11 is 6.05. The van der Waals surface area contributed by atoms with E-state index in [1.165, 1.54) is 0 Å². The molecule has 1 aliphatic heterocycles. The molecule has 104 valence electrons. The largest absolute Gasteiger partial charge is 0.454 e. The van der Waals surface area contributed by atoms with Crippen LogP contribution in [0.25, 0.3) is 0 Å². The summed E-state index contributed by atoms with van der Waals surface area (Å²) in [5, 5.41) is 3.25. The summed E-state index contributed by atoms with van der Waals surface area (Å²) in [6, 6.07) is 6.68. The molecule has 1 heterocycles. The number of hydrogen-bond donors (Lipinski definition) is 1. The first-order chi connectivity index (χ1) is 9.63. The summed E-state index contributed by atoms with van der Waals surface area (Å²) in [5.74, 6) is 0.0391. The van der Waals surface area contributed by atoms with Crippen LogP contribution in [0.4, 0.5) is 14.5 Å². The zero-order chi connectivity index (χ0) is 14.1. The Bertz CT molecular complexity index is 664. The molecule has 0 atom stereocenters. The van der Waals surface area contributed by atoms with Gasteiger partial charge in [0, 0.05) is 6.54 Å². The maximum atomic E-state index is 13.5. The van der Waals surface area contributed by atoms with Crippen LogP contribution >= 0.6 is 11.6 Å². The predicted octanol–water partition coefficient (Wildman–Crippen LogP) is 3.96. The van der Waals surface area contributed by atoms with Crippen LogP contribution in [0.3, 0.4) is 0 Å². The van der Waals surface area contributed by atoms with Crippen molar-refractivity contribution in [3.8, 4) is 11.5 Å². The van der Waals surface area contributed by atoms with Crippen LogP contribution in [0.15, 0.2) is 30.3 Å². The molecule has 1 N–H and O–H groups in total. The van der Waals surface area contributed by atoms with Crippen molar-refractivity contribution in [1.29, 1.82) is 0 Å². The van der Waals surface area contributed by atoms with E-state index < -0.39 is 11.6 Å². The van der Waals surface area contributed by atoms with Crippen LogP contribution < -0.4 is 14.8 Å². The number of ether oxygens (including phenoxy) is 2. The Hall–Kier alpha value is -2.01. The lowest BCUT2D eigenvalue weighted by Gasteiger charge is -2.09. The smallest absolute Gasteiger partial charge is 0.231 e. The fourth-order valence-corrected chi connectivity index (χ4v) is 2.24. The second-order valence-corrected chi connectivity index (χ2v) is 4.70. The first-order valence-corrected chi connectivity index (χ1v) is 6.28. The van der Waals surface area contributed by atoms with Gasteiger partial charge in [0.25, 0.3) is 0 Å². The highest BCUT2D eigenvalue weighted by Gasteiger charge is 2.18. The van der Waals surface area contributed by atoms with Gasteiger partial charge in [-0.2, -0.15) is 0 Å². The molecule has 3 rings (SSSR count). The van der Waals surface area contributed by atoms with Gasteiger partial charge >= 0.3 is 0 Å². The summed E-state index contributed by atoms with van der Waals surface area (Å²) in [5.41, 5.74) is 0.877. The predicted molar refractivity (Wildman–Crippen MR) is 71.3 cm³/mol. The van der Waals surface area contributed by atoms with E-state index in [1.54, 1.807) is 12.1 Å². The molecule has 2 aromatic carbocycles. The first-order valence-electron chi connectivity index (χ1n) is 5.90. The normalized spacial score (nSPS) is 12.6. The molecule has 0 aromatic heterocycles. The Kier molecular flexibility index (Phi) is 3.36. The molecule has 0 unspecified atom stereocenters. The molecule has 0 aliphatic carbocycles. The quantitative estimate of drug-likeness (QED) is 0.930. The molecule has 0 fully saturated rings. The monoisotopic (exact) mass is 297 g/mol. The van der Waals surface area contributed by atoms with Crippen molar-refractivity contribution in [2.45, 2.75) is 6.54 Å². The number of halogens is 3. The molecule has 20 heavy (non-hydrogen) atoms. The number of nitrogens with one attached hydrogen (secondary N) is 1. The minimum Gasteiger partial charge on any atom is -0.454 e. The van der Waals surface area contributed by atoms with Gasteiger partial charge in [0.15, 0.2) is 11.5 Å². The number of rotatable bonds is 3. The van der Waals surface area contributed by atoms with Gasteiger partial charge in [-0.1, -0.05) is 11.6 Å². The highest BCUT2D eigenvalue weighted by molar-refractivity contribution is 6.32. The van der Waals surface area contributed by atoms with E-state index in [0.717, 1.165) is 23.8 Å². The van der Waals surface area contributed by atoms with Crippen LogP contribution in [-0.4, -0.2) is 6.79 Å². The van der Waals surface area contributed by atoms with Gasteiger partial charge in [-0.25, -0.2) is 8.78 Å².